The Hall–Kier alpha value is -3.49. The maximum atomic E-state index is 13.3. The summed E-state index contributed by atoms with van der Waals surface area (Å²) in [6.45, 7) is 0.729. The van der Waals surface area contributed by atoms with Crippen molar-refractivity contribution in [2.45, 2.75) is 11.6 Å². The Labute approximate surface area is 177 Å². The number of benzene rings is 4. The number of rotatable bonds is 6. The average molecular weight is 389 g/mol. The zero-order valence-electron chi connectivity index (χ0n) is 16.7. The minimum Gasteiger partial charge on any atom is -0.292 e. The van der Waals surface area contributed by atoms with Gasteiger partial charge in [-0.2, -0.15) is 0 Å². The first-order valence-electron chi connectivity index (χ1n) is 10.3. The third-order valence-electron chi connectivity index (χ3n) is 5.98. The van der Waals surface area contributed by atoms with Crippen molar-refractivity contribution in [2.24, 2.45) is 0 Å². The molecule has 0 radical (unpaired) electrons. The summed E-state index contributed by atoms with van der Waals surface area (Å²) >= 11 is 0. The molecule has 0 amide bonds. The van der Waals surface area contributed by atoms with Crippen molar-refractivity contribution >= 4 is 5.78 Å². The summed E-state index contributed by atoms with van der Waals surface area (Å²) in [6.07, 6.45) is 0. The lowest BCUT2D eigenvalue weighted by molar-refractivity contribution is 0.0962. The lowest BCUT2D eigenvalue weighted by Crippen LogP contribution is -2.40. The van der Waals surface area contributed by atoms with Crippen LogP contribution >= 0.6 is 0 Å². The fraction of sp³-hybridized carbons (Fsp3) is 0.107. The van der Waals surface area contributed by atoms with E-state index in [9.17, 15) is 4.79 Å². The molecule has 4 aromatic carbocycles. The lowest BCUT2D eigenvalue weighted by Gasteiger charge is -2.38. The molecule has 4 aromatic rings. The van der Waals surface area contributed by atoms with E-state index < -0.39 is 5.54 Å². The highest BCUT2D eigenvalue weighted by molar-refractivity contribution is 6.02. The number of carbonyl (C=O) groups excluding carboxylic acids is 1. The first kappa shape index (κ1) is 18.5. The van der Waals surface area contributed by atoms with Gasteiger partial charge in [-0.15, -0.1) is 0 Å². The molecule has 2 atom stereocenters. The molecule has 0 aromatic heterocycles. The molecule has 0 N–H and O–H groups in total. The van der Waals surface area contributed by atoms with Crippen molar-refractivity contribution in [3.05, 3.63) is 144 Å². The highest BCUT2D eigenvalue weighted by Gasteiger charge is 2.55. The van der Waals surface area contributed by atoms with Crippen molar-refractivity contribution in [3.63, 3.8) is 0 Å². The van der Waals surface area contributed by atoms with E-state index in [4.69, 9.17) is 0 Å². The minimum absolute atomic E-state index is 0.145. The highest BCUT2D eigenvalue weighted by Crippen LogP contribution is 2.48. The summed E-state index contributed by atoms with van der Waals surface area (Å²) < 4.78 is 0. The molecule has 5 rings (SSSR count). The number of nitrogens with zero attached hydrogens (tertiary/aromatic N) is 1. The van der Waals surface area contributed by atoms with Crippen LogP contribution in [0.1, 0.15) is 27.0 Å². The van der Waals surface area contributed by atoms with Crippen LogP contribution < -0.4 is 0 Å². The van der Waals surface area contributed by atoms with E-state index >= 15 is 0 Å². The summed E-state index contributed by atoms with van der Waals surface area (Å²) in [5.74, 6) is 0.183. The van der Waals surface area contributed by atoms with Gasteiger partial charge in [0.1, 0.15) is 0 Å². The van der Waals surface area contributed by atoms with Crippen LogP contribution in [0, 0.1) is 0 Å². The van der Waals surface area contributed by atoms with E-state index in [0.717, 1.165) is 12.1 Å². The molecule has 146 valence electrons. The molecule has 0 bridgehead atoms. The molecule has 0 spiro atoms. The Morgan fingerprint density at radius 1 is 0.600 bits per heavy atom. The van der Waals surface area contributed by atoms with Crippen LogP contribution in [0.4, 0.5) is 0 Å². The Bertz CT molecular complexity index is 1030. The van der Waals surface area contributed by atoms with Crippen molar-refractivity contribution in [1.29, 1.82) is 0 Å². The maximum absolute atomic E-state index is 13.3. The zero-order valence-corrected chi connectivity index (χ0v) is 16.7. The monoisotopic (exact) mass is 389 g/mol. The van der Waals surface area contributed by atoms with Crippen LogP contribution in [0.15, 0.2) is 121 Å². The second-order valence-corrected chi connectivity index (χ2v) is 7.71. The van der Waals surface area contributed by atoms with E-state index in [1.165, 1.54) is 16.7 Å². The molecule has 0 aliphatic carbocycles. The number of carbonyl (C=O) groups is 1. The van der Waals surface area contributed by atoms with E-state index in [1.54, 1.807) is 0 Å². The van der Waals surface area contributed by atoms with E-state index in [2.05, 4.69) is 77.7 Å². The third-order valence-corrected chi connectivity index (χ3v) is 5.98. The van der Waals surface area contributed by atoms with Gasteiger partial charge in [-0.25, -0.2) is 0 Å². The lowest BCUT2D eigenvalue weighted by atomic mass is 9.76. The summed E-state index contributed by atoms with van der Waals surface area (Å²) in [7, 11) is 0. The topological polar surface area (TPSA) is 20.1 Å². The van der Waals surface area contributed by atoms with Crippen LogP contribution in [0.25, 0.3) is 0 Å². The predicted octanol–water partition coefficient (Wildman–Crippen LogP) is 5.55. The van der Waals surface area contributed by atoms with Gasteiger partial charge in [0.15, 0.2) is 5.78 Å². The van der Waals surface area contributed by atoms with Crippen LogP contribution in [-0.2, 0) is 5.54 Å². The molecule has 0 saturated carbocycles. The molecule has 1 aliphatic rings. The molecule has 30 heavy (non-hydrogen) atoms. The fourth-order valence-electron chi connectivity index (χ4n) is 4.56. The van der Waals surface area contributed by atoms with E-state index in [1.807, 2.05) is 48.5 Å². The van der Waals surface area contributed by atoms with Gasteiger partial charge in [0.25, 0.3) is 0 Å². The zero-order chi connectivity index (χ0) is 20.4. The van der Waals surface area contributed by atoms with Gasteiger partial charge in [0.2, 0.25) is 0 Å². The summed E-state index contributed by atoms with van der Waals surface area (Å²) in [5, 5.41) is 0. The van der Waals surface area contributed by atoms with Gasteiger partial charge in [-0.05, 0) is 16.7 Å². The van der Waals surface area contributed by atoms with Crippen LogP contribution in [0.2, 0.25) is 0 Å². The summed E-state index contributed by atoms with van der Waals surface area (Å²) in [5.41, 5.74) is 3.77. The second kappa shape index (κ2) is 7.74. The van der Waals surface area contributed by atoms with Gasteiger partial charge < -0.3 is 0 Å². The Balaban J connectivity index is 1.69. The molecule has 2 nitrogen and oxygen atoms in total. The summed E-state index contributed by atoms with van der Waals surface area (Å²) in [6, 6.07) is 41.1. The van der Waals surface area contributed by atoms with Crippen LogP contribution in [0.5, 0.6) is 0 Å². The number of ketones is 1. The number of hydrogen-bond donors (Lipinski definition) is 0. The smallest absolute Gasteiger partial charge is 0.181 e. The number of Topliss-reactive ketones (excluding diaryl/α,β-unsaturated/α-hetero) is 1. The van der Waals surface area contributed by atoms with E-state index in [-0.39, 0.29) is 11.8 Å². The van der Waals surface area contributed by atoms with Gasteiger partial charge >= 0.3 is 0 Å². The first-order chi connectivity index (χ1) is 14.8. The van der Waals surface area contributed by atoms with Crippen molar-refractivity contribution in [3.8, 4) is 0 Å². The standard InChI is InChI=1S/C28H23NO/c30-27(22-13-5-1-6-14-22)26-21-29(26)28(23-15-7-2-8-16-23,24-17-9-3-10-18-24)25-19-11-4-12-20-25/h1-20,26H,21H2. The summed E-state index contributed by atoms with van der Waals surface area (Å²) in [4.78, 5) is 15.7. The Morgan fingerprint density at radius 2 is 0.967 bits per heavy atom. The molecule has 1 aliphatic heterocycles. The number of hydrogen-bond acceptors (Lipinski definition) is 2. The quantitative estimate of drug-likeness (QED) is 0.245. The van der Waals surface area contributed by atoms with Crippen LogP contribution in [0.3, 0.4) is 0 Å². The fourth-order valence-corrected chi connectivity index (χ4v) is 4.56. The third kappa shape index (κ3) is 3.06. The largest absolute Gasteiger partial charge is 0.292 e. The maximum Gasteiger partial charge on any atom is 0.181 e. The molecular formula is C28H23NO. The van der Waals surface area contributed by atoms with Gasteiger partial charge in [-0.1, -0.05) is 121 Å². The minimum atomic E-state index is -0.515. The highest BCUT2D eigenvalue weighted by atomic mass is 16.1. The first-order valence-corrected chi connectivity index (χ1v) is 10.3. The SMILES string of the molecule is O=C(c1ccccc1)C1CN1C(c1ccccc1)(c1ccccc1)c1ccccc1. The molecule has 1 heterocycles. The molecule has 1 fully saturated rings. The molecular weight excluding hydrogens is 366 g/mol. The van der Waals surface area contributed by atoms with Crippen LogP contribution in [-0.4, -0.2) is 23.3 Å². The van der Waals surface area contributed by atoms with Gasteiger partial charge in [-0.3, -0.25) is 9.69 Å². The van der Waals surface area contributed by atoms with Gasteiger partial charge in [0, 0.05) is 12.1 Å². The van der Waals surface area contributed by atoms with Crippen molar-refractivity contribution in [2.75, 3.05) is 6.54 Å². The Kier molecular flexibility index (Phi) is 4.78. The van der Waals surface area contributed by atoms with Crippen molar-refractivity contribution in [1.82, 2.24) is 4.90 Å². The molecule has 1 saturated heterocycles. The van der Waals surface area contributed by atoms with Gasteiger partial charge in [0.05, 0.1) is 11.6 Å². The normalized spacial score (nSPS) is 18.0. The average Bonchev–Trinajstić information content (AvgIpc) is 3.63. The molecule has 2 unspecified atom stereocenters. The molecule has 2 heteroatoms. The predicted molar refractivity (Wildman–Crippen MR) is 120 cm³/mol. The van der Waals surface area contributed by atoms with Crippen molar-refractivity contribution < 1.29 is 4.79 Å². The Morgan fingerprint density at radius 3 is 1.37 bits per heavy atom. The van der Waals surface area contributed by atoms with E-state index in [0.29, 0.717) is 0 Å². The second-order valence-electron chi connectivity index (χ2n) is 7.71.